The molecule has 5 N–H and O–H groups in total. The summed E-state index contributed by atoms with van der Waals surface area (Å²) in [6.07, 6.45) is 2.21. The number of pyridine rings is 1. The highest BCUT2D eigenvalue weighted by atomic mass is 16.3. The van der Waals surface area contributed by atoms with E-state index < -0.39 is 34.3 Å². The van der Waals surface area contributed by atoms with Gasteiger partial charge in [-0.1, -0.05) is 48.5 Å². The topological polar surface area (TPSA) is 148 Å². The lowest BCUT2D eigenvalue weighted by Gasteiger charge is -2.09. The summed E-state index contributed by atoms with van der Waals surface area (Å²) in [6, 6.07) is 16.6. The van der Waals surface area contributed by atoms with Crippen molar-refractivity contribution in [3.63, 3.8) is 0 Å². The van der Waals surface area contributed by atoms with Crippen LogP contribution >= 0.6 is 0 Å². The highest BCUT2D eigenvalue weighted by Crippen LogP contribution is 2.33. The molecular weight excluding hydrogens is 426 g/mol. The summed E-state index contributed by atoms with van der Waals surface area (Å²) in [4.78, 5) is 41.1. The number of aromatic hydroxyl groups is 3. The smallest absolute Gasteiger partial charge is 0.335 e. The first-order valence-electron chi connectivity index (χ1n) is 9.68. The van der Waals surface area contributed by atoms with Crippen molar-refractivity contribution in [2.45, 2.75) is 0 Å². The van der Waals surface area contributed by atoms with Gasteiger partial charge in [-0.2, -0.15) is 0 Å². The molecular formula is C24H17N3O6. The molecule has 2 aromatic heterocycles. The number of benzene rings is 2. The fraction of sp³-hybridized carbons (Fsp3) is 0. The van der Waals surface area contributed by atoms with E-state index in [1.807, 2.05) is 0 Å². The monoisotopic (exact) mass is 443 g/mol. The average Bonchev–Trinajstić information content (AvgIpc) is 2.79. The number of H-pyrrole nitrogens is 2. The van der Waals surface area contributed by atoms with E-state index in [0.717, 1.165) is 16.7 Å². The van der Waals surface area contributed by atoms with Crippen molar-refractivity contribution < 1.29 is 15.3 Å². The molecule has 2 aromatic carbocycles. The van der Waals surface area contributed by atoms with Gasteiger partial charge in [-0.3, -0.25) is 19.6 Å². The van der Waals surface area contributed by atoms with Gasteiger partial charge >= 0.3 is 5.69 Å². The van der Waals surface area contributed by atoms with E-state index in [9.17, 15) is 29.7 Å². The third-order valence-corrected chi connectivity index (χ3v) is 4.86. The van der Waals surface area contributed by atoms with Crippen molar-refractivity contribution in [3.05, 3.63) is 109 Å². The molecule has 0 aliphatic heterocycles. The highest BCUT2D eigenvalue weighted by molar-refractivity contribution is 5.77. The van der Waals surface area contributed by atoms with Crippen LogP contribution in [-0.2, 0) is 0 Å². The van der Waals surface area contributed by atoms with E-state index in [0.29, 0.717) is 11.3 Å². The van der Waals surface area contributed by atoms with E-state index in [1.165, 1.54) is 0 Å². The van der Waals surface area contributed by atoms with Gasteiger partial charge in [-0.25, -0.2) is 9.36 Å². The lowest BCUT2D eigenvalue weighted by atomic mass is 10.0. The number of para-hydroxylation sites is 1. The first-order valence-corrected chi connectivity index (χ1v) is 9.68. The largest absolute Gasteiger partial charge is 0.506 e. The van der Waals surface area contributed by atoms with Crippen LogP contribution in [0.1, 0.15) is 11.1 Å². The van der Waals surface area contributed by atoms with Crippen LogP contribution < -0.4 is 16.8 Å². The molecule has 0 amide bonds. The van der Waals surface area contributed by atoms with Crippen LogP contribution in [0, 0.1) is 0 Å². The Labute approximate surface area is 185 Å². The predicted molar refractivity (Wildman–Crippen MR) is 123 cm³/mol. The molecule has 0 atom stereocenters. The van der Waals surface area contributed by atoms with Crippen LogP contribution in [0.15, 0.2) is 80.8 Å². The van der Waals surface area contributed by atoms with Gasteiger partial charge in [0.15, 0.2) is 0 Å². The summed E-state index contributed by atoms with van der Waals surface area (Å²) in [7, 11) is 0. The lowest BCUT2D eigenvalue weighted by molar-refractivity contribution is 0.429. The molecule has 0 aliphatic rings. The first kappa shape index (κ1) is 21.2. The van der Waals surface area contributed by atoms with Crippen LogP contribution in [-0.4, -0.2) is 29.9 Å². The minimum Gasteiger partial charge on any atom is -0.506 e. The first-order chi connectivity index (χ1) is 15.9. The van der Waals surface area contributed by atoms with Crippen LogP contribution in [0.4, 0.5) is 0 Å². The van der Waals surface area contributed by atoms with Crippen molar-refractivity contribution in [1.82, 2.24) is 14.5 Å². The zero-order valence-electron chi connectivity index (χ0n) is 16.9. The Balaban J connectivity index is 1.84. The summed E-state index contributed by atoms with van der Waals surface area (Å²) in [5.41, 5.74) is 0.489. The number of hydrogen-bond donors (Lipinski definition) is 5. The minimum absolute atomic E-state index is 0.0558. The molecule has 0 radical (unpaired) electrons. The van der Waals surface area contributed by atoms with Crippen molar-refractivity contribution in [1.29, 1.82) is 0 Å². The lowest BCUT2D eigenvalue weighted by Crippen LogP contribution is -2.30. The molecule has 2 heterocycles. The summed E-state index contributed by atoms with van der Waals surface area (Å²) in [6.45, 7) is 0. The quantitative estimate of drug-likeness (QED) is 0.306. The van der Waals surface area contributed by atoms with Crippen LogP contribution in [0.25, 0.3) is 29.0 Å². The number of nitrogens with one attached hydrogen (secondary N) is 2. The second kappa shape index (κ2) is 8.62. The van der Waals surface area contributed by atoms with E-state index in [-0.39, 0.29) is 16.7 Å². The highest BCUT2D eigenvalue weighted by Gasteiger charge is 2.17. The van der Waals surface area contributed by atoms with Crippen molar-refractivity contribution in [3.8, 4) is 34.3 Å². The zero-order valence-corrected chi connectivity index (χ0v) is 16.9. The minimum atomic E-state index is -0.856. The van der Waals surface area contributed by atoms with Gasteiger partial charge in [-0.15, -0.1) is 5.73 Å². The molecule has 164 valence electrons. The molecule has 0 fully saturated rings. The Morgan fingerprint density at radius 3 is 2.03 bits per heavy atom. The fourth-order valence-electron chi connectivity index (χ4n) is 3.29. The fourth-order valence-corrected chi connectivity index (χ4v) is 3.29. The molecule has 33 heavy (non-hydrogen) atoms. The number of hydrogen-bond acceptors (Lipinski definition) is 6. The van der Waals surface area contributed by atoms with Crippen molar-refractivity contribution >= 4 is 12.2 Å². The van der Waals surface area contributed by atoms with E-state index in [1.54, 1.807) is 60.7 Å². The average molecular weight is 443 g/mol. The van der Waals surface area contributed by atoms with Crippen LogP contribution in [0.5, 0.6) is 17.5 Å². The zero-order chi connectivity index (χ0) is 23.5. The molecule has 9 heteroatoms. The summed E-state index contributed by atoms with van der Waals surface area (Å²) >= 11 is 0. The van der Waals surface area contributed by atoms with E-state index in [2.05, 4.69) is 15.7 Å². The van der Waals surface area contributed by atoms with Gasteiger partial charge in [0.25, 0.3) is 11.1 Å². The maximum absolute atomic E-state index is 12.3. The number of aromatic amines is 2. The van der Waals surface area contributed by atoms with Gasteiger partial charge in [0.2, 0.25) is 11.8 Å². The Morgan fingerprint density at radius 2 is 1.36 bits per heavy atom. The van der Waals surface area contributed by atoms with Crippen molar-refractivity contribution in [2.75, 3.05) is 0 Å². The molecule has 0 saturated heterocycles. The second-order valence-electron chi connectivity index (χ2n) is 6.93. The molecule has 0 bridgehead atoms. The van der Waals surface area contributed by atoms with Crippen LogP contribution in [0.3, 0.4) is 0 Å². The third kappa shape index (κ3) is 3.99. The molecule has 0 unspecified atom stereocenters. The molecule has 9 nitrogen and oxygen atoms in total. The molecule has 0 spiro atoms. The number of rotatable bonds is 4. The summed E-state index contributed by atoms with van der Waals surface area (Å²) < 4.78 is 0.914. The van der Waals surface area contributed by atoms with Gasteiger partial charge < -0.3 is 15.3 Å². The maximum atomic E-state index is 12.3. The van der Waals surface area contributed by atoms with Crippen LogP contribution in [0.2, 0.25) is 0 Å². The molecule has 4 rings (SSSR count). The van der Waals surface area contributed by atoms with Crippen molar-refractivity contribution in [2.24, 2.45) is 0 Å². The summed E-state index contributed by atoms with van der Waals surface area (Å²) in [5, 5.41) is 31.3. The predicted octanol–water partition coefficient (Wildman–Crippen LogP) is 2.32. The molecule has 4 aromatic rings. The Hall–Kier alpha value is -5.01. The normalized spacial score (nSPS) is 10.4. The van der Waals surface area contributed by atoms with Gasteiger partial charge in [0, 0.05) is 0 Å². The Bertz CT molecular complexity index is 1580. The SMILES string of the molecule is O=c1[nH]c(=O)n(-c2ccccc2)c(O)c1C=C=Cc1c(O)[nH]c(=O)c(-c2ccccc2)c1O. The maximum Gasteiger partial charge on any atom is 0.335 e. The van der Waals surface area contributed by atoms with Gasteiger partial charge in [-0.05, 0) is 29.8 Å². The van der Waals surface area contributed by atoms with E-state index in [4.69, 9.17) is 0 Å². The third-order valence-electron chi connectivity index (χ3n) is 4.86. The van der Waals surface area contributed by atoms with Gasteiger partial charge in [0.05, 0.1) is 16.8 Å². The molecule has 0 aliphatic carbocycles. The second-order valence-corrected chi connectivity index (χ2v) is 6.93. The number of nitrogens with zero attached hydrogens (tertiary/aromatic N) is 1. The standard InChI is InChI=1S/C24H17N3O6/c28-19-16(20(29)25-22(31)18(19)14-8-3-1-4-9-14)12-7-13-17-21(30)26-24(33)27(23(17)32)15-10-5-2-6-11-15/h1-6,8-13,32H,(H,26,30,33)(H3,25,28,29,31). The summed E-state index contributed by atoms with van der Waals surface area (Å²) in [5.74, 6) is -1.71. The Kier molecular flexibility index (Phi) is 5.55. The molecule has 0 saturated carbocycles. The van der Waals surface area contributed by atoms with E-state index >= 15 is 0 Å². The Morgan fingerprint density at radius 1 is 0.758 bits per heavy atom. The number of aromatic nitrogens is 3. The van der Waals surface area contributed by atoms with Gasteiger partial charge in [0.1, 0.15) is 11.3 Å².